The molecule has 1 atom stereocenters. The molecule has 0 radical (unpaired) electrons. The van der Waals surface area contributed by atoms with E-state index >= 15 is 0 Å². The van der Waals surface area contributed by atoms with Crippen molar-refractivity contribution in [2.24, 2.45) is 0 Å². The van der Waals surface area contributed by atoms with Gasteiger partial charge < -0.3 is 20.1 Å². The number of anilines is 2. The van der Waals surface area contributed by atoms with Crippen LogP contribution >= 0.6 is 0 Å². The summed E-state index contributed by atoms with van der Waals surface area (Å²) in [5.41, 5.74) is 1.03. The molecule has 0 bridgehead atoms. The Kier molecular flexibility index (Phi) is 2.14. The lowest BCUT2D eigenvalue weighted by atomic mass is 9.96. The fraction of sp³-hybridized carbons (Fsp3) is 0.545. The van der Waals surface area contributed by atoms with Crippen LogP contribution in [0.5, 0.6) is 5.88 Å². The van der Waals surface area contributed by atoms with E-state index in [2.05, 4.69) is 15.6 Å². The van der Waals surface area contributed by atoms with Crippen LogP contribution in [0.4, 0.5) is 11.5 Å². The molecule has 3 rings (SSSR count). The summed E-state index contributed by atoms with van der Waals surface area (Å²) in [6.07, 6.45) is 1.01. The van der Waals surface area contributed by atoms with E-state index in [4.69, 9.17) is 9.47 Å². The molecule has 1 unspecified atom stereocenters. The summed E-state index contributed by atoms with van der Waals surface area (Å²) in [6, 6.07) is 3.84. The number of rotatable bonds is 1. The van der Waals surface area contributed by atoms with E-state index in [9.17, 15) is 0 Å². The third-order valence-corrected chi connectivity index (χ3v) is 3.18. The number of aromatic nitrogens is 1. The number of pyridine rings is 1. The topological polar surface area (TPSA) is 55.4 Å². The molecule has 0 aromatic carbocycles. The maximum atomic E-state index is 5.45. The lowest BCUT2D eigenvalue weighted by molar-refractivity contribution is 0.183. The minimum atomic E-state index is 0.00631. The maximum absolute atomic E-state index is 5.45. The van der Waals surface area contributed by atoms with E-state index in [0.717, 1.165) is 37.7 Å². The van der Waals surface area contributed by atoms with E-state index in [0.29, 0.717) is 5.88 Å². The highest BCUT2D eigenvalue weighted by Crippen LogP contribution is 2.33. The van der Waals surface area contributed by atoms with Crippen molar-refractivity contribution in [2.45, 2.75) is 12.0 Å². The van der Waals surface area contributed by atoms with Gasteiger partial charge in [0, 0.05) is 19.2 Å². The van der Waals surface area contributed by atoms with Crippen molar-refractivity contribution in [3.63, 3.8) is 0 Å². The molecule has 1 aromatic rings. The Morgan fingerprint density at radius 2 is 2.44 bits per heavy atom. The summed E-state index contributed by atoms with van der Waals surface area (Å²) >= 11 is 0. The van der Waals surface area contributed by atoms with E-state index in [1.807, 2.05) is 12.1 Å². The monoisotopic (exact) mass is 221 g/mol. The van der Waals surface area contributed by atoms with Crippen LogP contribution in [-0.4, -0.2) is 37.4 Å². The largest absolute Gasteiger partial charge is 0.481 e. The second-order valence-corrected chi connectivity index (χ2v) is 4.31. The Morgan fingerprint density at radius 1 is 1.50 bits per heavy atom. The Hall–Kier alpha value is -1.49. The summed E-state index contributed by atoms with van der Waals surface area (Å²) in [6.45, 7) is 2.43. The molecule has 1 spiro atoms. The molecule has 0 amide bonds. The minimum Gasteiger partial charge on any atom is -0.481 e. The molecule has 5 nitrogen and oxygen atoms in total. The van der Waals surface area contributed by atoms with E-state index < -0.39 is 0 Å². The summed E-state index contributed by atoms with van der Waals surface area (Å²) in [7, 11) is 1.62. The minimum absolute atomic E-state index is 0.00631. The standard InChI is InChI=1S/C11H15N3O2/c1-15-9-3-2-8-10(13-9)14-11(6-12-8)4-5-16-7-11/h2-3,12H,4-7H2,1H3,(H,13,14). The van der Waals surface area contributed by atoms with Crippen LogP contribution in [-0.2, 0) is 4.74 Å². The van der Waals surface area contributed by atoms with Crippen LogP contribution in [0.15, 0.2) is 12.1 Å². The van der Waals surface area contributed by atoms with Crippen molar-refractivity contribution in [3.8, 4) is 5.88 Å². The average Bonchev–Trinajstić information content (AvgIpc) is 2.76. The van der Waals surface area contributed by atoms with Crippen LogP contribution in [0, 0.1) is 0 Å². The normalized spacial score (nSPS) is 27.1. The lowest BCUT2D eigenvalue weighted by Gasteiger charge is -2.35. The summed E-state index contributed by atoms with van der Waals surface area (Å²) in [4.78, 5) is 4.40. The smallest absolute Gasteiger partial charge is 0.215 e. The zero-order chi connectivity index (χ0) is 11.0. The number of hydrogen-bond donors (Lipinski definition) is 2. The highest BCUT2D eigenvalue weighted by molar-refractivity contribution is 5.69. The van der Waals surface area contributed by atoms with Crippen LogP contribution < -0.4 is 15.4 Å². The van der Waals surface area contributed by atoms with Gasteiger partial charge in [-0.3, -0.25) is 0 Å². The number of nitrogens with zero attached hydrogens (tertiary/aromatic N) is 1. The van der Waals surface area contributed by atoms with Gasteiger partial charge in [-0.25, -0.2) is 0 Å². The summed E-state index contributed by atoms with van der Waals surface area (Å²) < 4.78 is 10.6. The number of nitrogens with one attached hydrogen (secondary N) is 2. The van der Waals surface area contributed by atoms with E-state index in [-0.39, 0.29) is 5.54 Å². The van der Waals surface area contributed by atoms with Gasteiger partial charge >= 0.3 is 0 Å². The van der Waals surface area contributed by atoms with Gasteiger partial charge in [0.1, 0.15) is 0 Å². The predicted molar refractivity (Wildman–Crippen MR) is 61.1 cm³/mol. The molecule has 2 aliphatic rings. The molecule has 1 aromatic heterocycles. The molecule has 16 heavy (non-hydrogen) atoms. The first-order valence-corrected chi connectivity index (χ1v) is 5.46. The number of fused-ring (bicyclic) bond motifs is 1. The zero-order valence-corrected chi connectivity index (χ0v) is 9.25. The molecular formula is C11H15N3O2. The zero-order valence-electron chi connectivity index (χ0n) is 9.25. The van der Waals surface area contributed by atoms with Crippen LogP contribution in [0.25, 0.3) is 0 Å². The van der Waals surface area contributed by atoms with Crippen LogP contribution in [0.1, 0.15) is 6.42 Å². The highest BCUT2D eigenvalue weighted by atomic mass is 16.5. The molecule has 5 heteroatoms. The van der Waals surface area contributed by atoms with Gasteiger partial charge in [0.05, 0.1) is 24.9 Å². The van der Waals surface area contributed by atoms with Crippen LogP contribution in [0.3, 0.4) is 0 Å². The molecule has 86 valence electrons. The molecule has 0 saturated carbocycles. The fourth-order valence-electron chi connectivity index (χ4n) is 2.20. The molecule has 2 N–H and O–H groups in total. The number of methoxy groups -OCH3 is 1. The summed E-state index contributed by atoms with van der Waals surface area (Å²) in [5, 5.41) is 6.85. The van der Waals surface area contributed by atoms with Gasteiger partial charge in [-0.1, -0.05) is 0 Å². The molecule has 2 aliphatic heterocycles. The van der Waals surface area contributed by atoms with Gasteiger partial charge in [0.2, 0.25) is 5.88 Å². The van der Waals surface area contributed by atoms with Crippen molar-refractivity contribution in [1.29, 1.82) is 0 Å². The maximum Gasteiger partial charge on any atom is 0.215 e. The molecule has 0 aliphatic carbocycles. The average molecular weight is 221 g/mol. The first-order chi connectivity index (χ1) is 7.81. The Morgan fingerprint density at radius 3 is 3.19 bits per heavy atom. The fourth-order valence-corrected chi connectivity index (χ4v) is 2.20. The van der Waals surface area contributed by atoms with E-state index in [1.165, 1.54) is 0 Å². The van der Waals surface area contributed by atoms with Gasteiger partial charge in [0.25, 0.3) is 0 Å². The van der Waals surface area contributed by atoms with Crippen molar-refractivity contribution in [3.05, 3.63) is 12.1 Å². The van der Waals surface area contributed by atoms with E-state index in [1.54, 1.807) is 7.11 Å². The molecule has 1 fully saturated rings. The van der Waals surface area contributed by atoms with Crippen molar-refractivity contribution < 1.29 is 9.47 Å². The lowest BCUT2D eigenvalue weighted by Crippen LogP contribution is -2.48. The summed E-state index contributed by atoms with van der Waals surface area (Å²) in [5.74, 6) is 1.49. The van der Waals surface area contributed by atoms with Crippen molar-refractivity contribution in [2.75, 3.05) is 37.5 Å². The Bertz CT molecular complexity index is 402. The third kappa shape index (κ3) is 1.48. The first-order valence-electron chi connectivity index (χ1n) is 5.46. The Labute approximate surface area is 94.2 Å². The predicted octanol–water partition coefficient (Wildman–Crippen LogP) is 1.09. The second kappa shape index (κ2) is 3.52. The number of hydrogen-bond acceptors (Lipinski definition) is 5. The number of ether oxygens (including phenoxy) is 2. The molecule has 3 heterocycles. The van der Waals surface area contributed by atoms with Gasteiger partial charge in [-0.2, -0.15) is 4.98 Å². The van der Waals surface area contributed by atoms with Crippen LogP contribution in [0.2, 0.25) is 0 Å². The van der Waals surface area contributed by atoms with Crippen molar-refractivity contribution >= 4 is 11.5 Å². The second-order valence-electron chi connectivity index (χ2n) is 4.31. The molecular weight excluding hydrogens is 206 g/mol. The van der Waals surface area contributed by atoms with Gasteiger partial charge in [-0.15, -0.1) is 0 Å². The highest BCUT2D eigenvalue weighted by Gasteiger charge is 2.38. The van der Waals surface area contributed by atoms with Gasteiger partial charge in [-0.05, 0) is 12.5 Å². The quantitative estimate of drug-likeness (QED) is 0.743. The Balaban J connectivity index is 1.91. The first kappa shape index (κ1) is 9.72. The molecule has 1 saturated heterocycles. The third-order valence-electron chi connectivity index (χ3n) is 3.18. The van der Waals surface area contributed by atoms with Crippen molar-refractivity contribution in [1.82, 2.24) is 4.98 Å². The SMILES string of the molecule is COc1ccc2c(n1)NC1(CCOC1)CN2. The van der Waals surface area contributed by atoms with Gasteiger partial charge in [0.15, 0.2) is 5.82 Å².